The van der Waals surface area contributed by atoms with E-state index in [2.05, 4.69) is 20.8 Å². The molecule has 1 aliphatic carbocycles. The third-order valence-corrected chi connectivity index (χ3v) is 4.09. The Kier molecular flexibility index (Phi) is 12.0. The van der Waals surface area contributed by atoms with Crippen molar-refractivity contribution in [1.29, 1.82) is 0 Å². The molecule has 0 unspecified atom stereocenters. The van der Waals surface area contributed by atoms with E-state index in [0.717, 1.165) is 13.0 Å². The van der Waals surface area contributed by atoms with Gasteiger partial charge < -0.3 is 18.9 Å². The lowest BCUT2D eigenvalue weighted by molar-refractivity contribution is -0.0271. The zero-order chi connectivity index (χ0) is 16.8. The van der Waals surface area contributed by atoms with Crippen LogP contribution in [0, 0.1) is 5.41 Å². The van der Waals surface area contributed by atoms with Crippen molar-refractivity contribution in [2.75, 3.05) is 46.2 Å². The summed E-state index contributed by atoms with van der Waals surface area (Å²) in [7, 11) is 0. The molecule has 4 nitrogen and oxygen atoms in total. The lowest BCUT2D eigenvalue weighted by Gasteiger charge is -2.21. The minimum absolute atomic E-state index is 0.401. The van der Waals surface area contributed by atoms with Gasteiger partial charge in [0.1, 0.15) is 0 Å². The Bertz CT molecular complexity index is 257. The van der Waals surface area contributed by atoms with E-state index in [9.17, 15) is 0 Å². The molecule has 1 rings (SSSR count). The van der Waals surface area contributed by atoms with Crippen LogP contribution in [-0.4, -0.2) is 52.4 Å². The first-order valence-electron chi connectivity index (χ1n) is 9.43. The predicted molar refractivity (Wildman–Crippen MR) is 94.0 cm³/mol. The van der Waals surface area contributed by atoms with Crippen LogP contribution in [0.4, 0.5) is 0 Å². The van der Waals surface area contributed by atoms with Gasteiger partial charge >= 0.3 is 0 Å². The zero-order valence-electron chi connectivity index (χ0n) is 15.6. The number of rotatable bonds is 13. The fraction of sp³-hybridized carbons (Fsp3) is 1.00. The Morgan fingerprint density at radius 2 is 1.22 bits per heavy atom. The fourth-order valence-corrected chi connectivity index (χ4v) is 2.75. The van der Waals surface area contributed by atoms with Crippen molar-refractivity contribution in [2.45, 2.75) is 71.8 Å². The van der Waals surface area contributed by atoms with Crippen LogP contribution in [0.15, 0.2) is 0 Å². The molecule has 0 aromatic heterocycles. The van der Waals surface area contributed by atoms with Crippen molar-refractivity contribution in [3.8, 4) is 0 Å². The molecule has 0 N–H and O–H groups in total. The van der Waals surface area contributed by atoms with Crippen LogP contribution >= 0.6 is 0 Å². The summed E-state index contributed by atoms with van der Waals surface area (Å²) in [5.41, 5.74) is 0.401. The van der Waals surface area contributed by atoms with Crippen molar-refractivity contribution in [3.63, 3.8) is 0 Å². The van der Waals surface area contributed by atoms with Crippen molar-refractivity contribution in [1.82, 2.24) is 0 Å². The van der Waals surface area contributed by atoms with Crippen LogP contribution in [0.2, 0.25) is 0 Å². The molecule has 0 atom stereocenters. The molecule has 0 saturated heterocycles. The summed E-state index contributed by atoms with van der Waals surface area (Å²) in [5.74, 6) is 0. The maximum absolute atomic E-state index is 5.80. The topological polar surface area (TPSA) is 36.9 Å². The molecule has 23 heavy (non-hydrogen) atoms. The van der Waals surface area contributed by atoms with Crippen molar-refractivity contribution < 1.29 is 18.9 Å². The smallest absolute Gasteiger partial charge is 0.0704 e. The van der Waals surface area contributed by atoms with Crippen LogP contribution in [-0.2, 0) is 18.9 Å². The minimum atomic E-state index is 0.401. The number of hydrogen-bond donors (Lipinski definition) is 0. The van der Waals surface area contributed by atoms with Gasteiger partial charge in [-0.25, -0.2) is 0 Å². The van der Waals surface area contributed by atoms with Gasteiger partial charge in [-0.15, -0.1) is 0 Å². The van der Waals surface area contributed by atoms with E-state index in [0.29, 0.717) is 51.2 Å². The average Bonchev–Trinajstić information content (AvgIpc) is 2.52. The number of hydrogen-bond acceptors (Lipinski definition) is 4. The highest BCUT2D eigenvalue weighted by Gasteiger charge is 2.13. The Morgan fingerprint density at radius 3 is 1.78 bits per heavy atom. The second-order valence-corrected chi connectivity index (χ2v) is 7.63. The van der Waals surface area contributed by atoms with Crippen molar-refractivity contribution in [2.24, 2.45) is 5.41 Å². The first-order chi connectivity index (χ1) is 11.1. The highest BCUT2D eigenvalue weighted by atomic mass is 16.6. The quantitative estimate of drug-likeness (QED) is 0.474. The summed E-state index contributed by atoms with van der Waals surface area (Å²) in [5, 5.41) is 0. The Labute approximate surface area is 143 Å². The van der Waals surface area contributed by atoms with E-state index < -0.39 is 0 Å². The van der Waals surface area contributed by atoms with E-state index in [-0.39, 0.29) is 0 Å². The molecule has 1 aliphatic rings. The standard InChI is InChI=1S/C19H38O4/c1-19(2,3)10-7-11-20-12-13-21-14-15-22-16-17-23-18-8-5-4-6-9-18/h18H,4-17H2,1-3H3. The molecule has 1 fully saturated rings. The molecule has 0 aliphatic heterocycles. The summed E-state index contributed by atoms with van der Waals surface area (Å²) in [6.07, 6.45) is 9.23. The highest BCUT2D eigenvalue weighted by Crippen LogP contribution is 2.20. The lowest BCUT2D eigenvalue weighted by Crippen LogP contribution is -2.19. The first kappa shape index (κ1) is 20.9. The normalized spacial score (nSPS) is 16.8. The van der Waals surface area contributed by atoms with Crippen LogP contribution in [0.1, 0.15) is 65.7 Å². The van der Waals surface area contributed by atoms with Gasteiger partial charge in [0.15, 0.2) is 0 Å². The van der Waals surface area contributed by atoms with Gasteiger partial charge in [-0.05, 0) is 31.1 Å². The minimum Gasteiger partial charge on any atom is -0.379 e. The van der Waals surface area contributed by atoms with E-state index in [1.807, 2.05) is 0 Å². The molecular formula is C19H38O4. The molecule has 0 bridgehead atoms. The highest BCUT2D eigenvalue weighted by molar-refractivity contribution is 4.64. The molecule has 0 spiro atoms. The summed E-state index contributed by atoms with van der Waals surface area (Å²) >= 11 is 0. The van der Waals surface area contributed by atoms with Gasteiger partial charge in [-0.2, -0.15) is 0 Å². The molecule has 0 aromatic carbocycles. The molecule has 0 radical (unpaired) electrons. The third-order valence-electron chi connectivity index (χ3n) is 4.09. The maximum Gasteiger partial charge on any atom is 0.0704 e. The van der Waals surface area contributed by atoms with Crippen LogP contribution in [0.3, 0.4) is 0 Å². The van der Waals surface area contributed by atoms with Gasteiger partial charge in [0.2, 0.25) is 0 Å². The van der Waals surface area contributed by atoms with Gasteiger partial charge in [0.25, 0.3) is 0 Å². The lowest BCUT2D eigenvalue weighted by atomic mass is 9.91. The average molecular weight is 331 g/mol. The summed E-state index contributed by atoms with van der Waals surface area (Å²) in [6, 6.07) is 0. The second-order valence-electron chi connectivity index (χ2n) is 7.63. The molecule has 1 saturated carbocycles. The fourth-order valence-electron chi connectivity index (χ4n) is 2.75. The first-order valence-corrected chi connectivity index (χ1v) is 9.43. The van der Waals surface area contributed by atoms with Gasteiger partial charge in [-0.1, -0.05) is 40.0 Å². The largest absolute Gasteiger partial charge is 0.379 e. The van der Waals surface area contributed by atoms with Crippen molar-refractivity contribution in [3.05, 3.63) is 0 Å². The van der Waals surface area contributed by atoms with E-state index in [1.54, 1.807) is 0 Å². The molecular weight excluding hydrogens is 292 g/mol. The van der Waals surface area contributed by atoms with Crippen LogP contribution < -0.4 is 0 Å². The maximum atomic E-state index is 5.80. The summed E-state index contributed by atoms with van der Waals surface area (Å²) < 4.78 is 22.4. The molecule has 0 aromatic rings. The monoisotopic (exact) mass is 330 g/mol. The zero-order valence-corrected chi connectivity index (χ0v) is 15.6. The Balaban J connectivity index is 1.71. The Hall–Kier alpha value is -0.160. The third kappa shape index (κ3) is 13.9. The van der Waals surface area contributed by atoms with Gasteiger partial charge in [0, 0.05) is 6.61 Å². The van der Waals surface area contributed by atoms with E-state index in [4.69, 9.17) is 18.9 Å². The Morgan fingerprint density at radius 1 is 0.696 bits per heavy atom. The van der Waals surface area contributed by atoms with Gasteiger partial charge in [-0.3, -0.25) is 0 Å². The van der Waals surface area contributed by atoms with E-state index in [1.165, 1.54) is 38.5 Å². The predicted octanol–water partition coefficient (Wildman–Crippen LogP) is 4.21. The van der Waals surface area contributed by atoms with Crippen LogP contribution in [0.5, 0.6) is 0 Å². The molecule has 138 valence electrons. The summed E-state index contributed by atoms with van der Waals surface area (Å²) in [4.78, 5) is 0. The molecule has 0 amide bonds. The van der Waals surface area contributed by atoms with E-state index >= 15 is 0 Å². The second kappa shape index (κ2) is 13.2. The molecule has 0 heterocycles. The van der Waals surface area contributed by atoms with Gasteiger partial charge in [0.05, 0.1) is 45.7 Å². The summed E-state index contributed by atoms with van der Waals surface area (Å²) in [6.45, 7) is 11.6. The number of ether oxygens (including phenoxy) is 4. The molecule has 4 heteroatoms. The van der Waals surface area contributed by atoms with Crippen LogP contribution in [0.25, 0.3) is 0 Å². The van der Waals surface area contributed by atoms with Crippen molar-refractivity contribution >= 4 is 0 Å². The SMILES string of the molecule is CC(C)(C)CCCOCCOCCOCCOC1CCCCC1.